The third kappa shape index (κ3) is 5.01. The van der Waals surface area contributed by atoms with Crippen molar-refractivity contribution >= 4 is 0 Å². The summed E-state index contributed by atoms with van der Waals surface area (Å²) in [5.74, 6) is 1.63. The Kier molecular flexibility index (Phi) is 6.52. The fraction of sp³-hybridized carbons (Fsp3) is 0.667. The molecule has 1 aromatic carbocycles. The monoisotopic (exact) mass is 291 g/mol. The molecule has 0 saturated heterocycles. The highest BCUT2D eigenvalue weighted by Crippen LogP contribution is 2.29. The average molecular weight is 291 g/mol. The minimum atomic E-state index is -0.348. The van der Waals surface area contributed by atoms with Crippen LogP contribution in [0.2, 0.25) is 0 Å². The van der Waals surface area contributed by atoms with Gasteiger partial charge in [-0.2, -0.15) is 0 Å². The zero-order chi connectivity index (χ0) is 15.1. The van der Waals surface area contributed by atoms with Crippen LogP contribution in [-0.2, 0) is 6.54 Å². The van der Waals surface area contributed by atoms with E-state index in [9.17, 15) is 5.11 Å². The third-order valence-electron chi connectivity index (χ3n) is 4.36. The molecule has 1 aliphatic carbocycles. The first-order valence-electron chi connectivity index (χ1n) is 8.30. The molecule has 1 atom stereocenters. The van der Waals surface area contributed by atoms with Crippen LogP contribution in [0.25, 0.3) is 0 Å². The highest BCUT2D eigenvalue weighted by molar-refractivity contribution is 5.40. The normalized spacial score (nSPS) is 17.1. The second kappa shape index (κ2) is 8.40. The number of benzene rings is 1. The van der Waals surface area contributed by atoms with Crippen LogP contribution in [-0.4, -0.2) is 24.4 Å². The van der Waals surface area contributed by atoms with Crippen molar-refractivity contribution in [2.24, 2.45) is 5.92 Å². The van der Waals surface area contributed by atoms with E-state index in [1.54, 1.807) is 0 Å². The molecule has 3 nitrogen and oxygen atoms in total. The summed E-state index contributed by atoms with van der Waals surface area (Å²) in [6.07, 6.45) is 5.72. The first kappa shape index (κ1) is 16.3. The van der Waals surface area contributed by atoms with Gasteiger partial charge in [-0.25, -0.2) is 0 Å². The maximum Gasteiger partial charge on any atom is 0.126 e. The summed E-state index contributed by atoms with van der Waals surface area (Å²) < 4.78 is 5.95. The van der Waals surface area contributed by atoms with Gasteiger partial charge in [0.1, 0.15) is 12.4 Å². The summed E-state index contributed by atoms with van der Waals surface area (Å²) in [4.78, 5) is 0. The molecule has 0 aliphatic heterocycles. The van der Waals surface area contributed by atoms with Crippen molar-refractivity contribution < 1.29 is 9.84 Å². The summed E-state index contributed by atoms with van der Waals surface area (Å²) in [5, 5.41) is 13.5. The minimum Gasteiger partial charge on any atom is -0.490 e. The van der Waals surface area contributed by atoms with Gasteiger partial charge < -0.3 is 15.2 Å². The summed E-state index contributed by atoms with van der Waals surface area (Å²) in [7, 11) is 0. The quantitative estimate of drug-likeness (QED) is 0.771. The van der Waals surface area contributed by atoms with Crippen molar-refractivity contribution in [1.82, 2.24) is 5.32 Å². The van der Waals surface area contributed by atoms with Gasteiger partial charge in [0.25, 0.3) is 0 Å². The minimum absolute atomic E-state index is 0.348. The van der Waals surface area contributed by atoms with Crippen molar-refractivity contribution in [1.29, 1.82) is 0 Å². The van der Waals surface area contributed by atoms with E-state index < -0.39 is 0 Å². The van der Waals surface area contributed by atoms with Crippen LogP contribution in [0.5, 0.6) is 5.75 Å². The molecule has 0 bridgehead atoms. The van der Waals surface area contributed by atoms with Crippen molar-refractivity contribution in [3.05, 3.63) is 29.3 Å². The van der Waals surface area contributed by atoms with Gasteiger partial charge in [-0.05, 0) is 31.4 Å². The molecule has 2 rings (SSSR count). The van der Waals surface area contributed by atoms with Crippen LogP contribution in [0.4, 0.5) is 0 Å². The third-order valence-corrected chi connectivity index (χ3v) is 4.36. The van der Waals surface area contributed by atoms with Crippen LogP contribution in [0, 0.1) is 12.8 Å². The second-order valence-electron chi connectivity index (χ2n) is 6.19. The Labute approximate surface area is 128 Å². The number of rotatable bonds is 8. The number of aryl methyl sites for hydroxylation is 1. The van der Waals surface area contributed by atoms with Crippen LogP contribution < -0.4 is 10.1 Å². The molecule has 2 N–H and O–H groups in total. The molecule has 1 aromatic rings. The molecule has 0 amide bonds. The predicted octanol–water partition coefficient (Wildman–Crippen LogP) is 3.42. The number of hydrogen-bond donors (Lipinski definition) is 2. The zero-order valence-corrected chi connectivity index (χ0v) is 13.4. The summed E-state index contributed by atoms with van der Waals surface area (Å²) in [6, 6.07) is 6.21. The van der Waals surface area contributed by atoms with E-state index >= 15 is 0 Å². The smallest absolute Gasteiger partial charge is 0.126 e. The van der Waals surface area contributed by atoms with E-state index in [1.165, 1.54) is 31.2 Å². The Morgan fingerprint density at radius 1 is 1.33 bits per heavy atom. The zero-order valence-electron chi connectivity index (χ0n) is 13.4. The van der Waals surface area contributed by atoms with E-state index in [-0.39, 0.29) is 6.10 Å². The molecule has 1 aliphatic rings. The van der Waals surface area contributed by atoms with Gasteiger partial charge in [0.15, 0.2) is 0 Å². The van der Waals surface area contributed by atoms with Gasteiger partial charge in [-0.1, -0.05) is 50.8 Å². The van der Waals surface area contributed by atoms with Crippen molar-refractivity contribution in [3.63, 3.8) is 0 Å². The lowest BCUT2D eigenvalue weighted by atomic mass is 10.0. The highest BCUT2D eigenvalue weighted by Gasteiger charge is 2.19. The Bertz CT molecular complexity index is 427. The average Bonchev–Trinajstić information content (AvgIpc) is 2.97. The van der Waals surface area contributed by atoms with E-state index in [0.717, 1.165) is 30.8 Å². The lowest BCUT2D eigenvalue weighted by molar-refractivity contribution is 0.0847. The van der Waals surface area contributed by atoms with Gasteiger partial charge in [-0.15, -0.1) is 0 Å². The van der Waals surface area contributed by atoms with Gasteiger partial charge in [0.05, 0.1) is 6.10 Å². The first-order valence-corrected chi connectivity index (χ1v) is 8.30. The fourth-order valence-electron chi connectivity index (χ4n) is 3.20. The topological polar surface area (TPSA) is 41.5 Å². The lowest BCUT2D eigenvalue weighted by Gasteiger charge is -2.19. The molecule has 0 aromatic heterocycles. The summed E-state index contributed by atoms with van der Waals surface area (Å²) in [5.41, 5.74) is 2.31. The maximum absolute atomic E-state index is 10.2. The lowest BCUT2D eigenvalue weighted by Crippen LogP contribution is -2.21. The largest absolute Gasteiger partial charge is 0.490 e. The molecule has 3 heteroatoms. The Morgan fingerprint density at radius 2 is 2.10 bits per heavy atom. The van der Waals surface area contributed by atoms with Crippen molar-refractivity contribution in [2.75, 3.05) is 13.2 Å². The number of nitrogens with one attached hydrogen (secondary N) is 1. The number of ether oxygens (including phenoxy) is 1. The Morgan fingerprint density at radius 3 is 2.81 bits per heavy atom. The molecule has 21 heavy (non-hydrogen) atoms. The van der Waals surface area contributed by atoms with Crippen LogP contribution in [0.1, 0.15) is 50.2 Å². The molecule has 1 fully saturated rings. The molecular formula is C18H29NO2. The van der Waals surface area contributed by atoms with Gasteiger partial charge >= 0.3 is 0 Å². The van der Waals surface area contributed by atoms with Crippen molar-refractivity contribution in [2.45, 2.75) is 58.6 Å². The number of aliphatic hydroxyl groups is 1. The number of aliphatic hydroxyl groups excluding tert-OH is 1. The van der Waals surface area contributed by atoms with E-state index in [2.05, 4.69) is 37.4 Å². The number of hydrogen-bond acceptors (Lipinski definition) is 3. The molecular weight excluding hydrogens is 262 g/mol. The van der Waals surface area contributed by atoms with E-state index in [4.69, 9.17) is 4.74 Å². The van der Waals surface area contributed by atoms with Gasteiger partial charge in [0, 0.05) is 12.1 Å². The molecule has 1 saturated carbocycles. The van der Waals surface area contributed by atoms with Gasteiger partial charge in [-0.3, -0.25) is 0 Å². The highest BCUT2D eigenvalue weighted by atomic mass is 16.5. The summed E-state index contributed by atoms with van der Waals surface area (Å²) in [6.45, 7) is 6.32. The SMILES string of the molecule is CCNCc1cccc(C)c1OCC(O)CC1CCCC1. The van der Waals surface area contributed by atoms with Crippen molar-refractivity contribution in [3.8, 4) is 5.75 Å². The predicted molar refractivity (Wildman–Crippen MR) is 86.6 cm³/mol. The Balaban J connectivity index is 1.88. The van der Waals surface area contributed by atoms with E-state index in [1.807, 2.05) is 0 Å². The number of para-hydroxylation sites is 1. The maximum atomic E-state index is 10.2. The van der Waals surface area contributed by atoms with Crippen LogP contribution >= 0.6 is 0 Å². The van der Waals surface area contributed by atoms with Crippen LogP contribution in [0.3, 0.4) is 0 Å². The standard InChI is InChI=1S/C18H29NO2/c1-3-19-12-16-10-6-7-14(2)18(16)21-13-17(20)11-15-8-4-5-9-15/h6-7,10,15,17,19-20H,3-5,8-9,11-13H2,1-2H3. The molecule has 118 valence electrons. The second-order valence-corrected chi connectivity index (χ2v) is 6.19. The van der Waals surface area contributed by atoms with Crippen LogP contribution in [0.15, 0.2) is 18.2 Å². The van der Waals surface area contributed by atoms with E-state index in [0.29, 0.717) is 12.5 Å². The fourth-order valence-corrected chi connectivity index (χ4v) is 3.20. The summed E-state index contributed by atoms with van der Waals surface area (Å²) >= 11 is 0. The Hall–Kier alpha value is -1.06. The molecule has 0 spiro atoms. The molecule has 0 radical (unpaired) electrons. The first-order chi connectivity index (χ1) is 10.2. The molecule has 1 unspecified atom stereocenters. The molecule has 0 heterocycles. The van der Waals surface area contributed by atoms with Gasteiger partial charge in [0.2, 0.25) is 0 Å².